The monoisotopic (exact) mass is 593 g/mol. The minimum Gasteiger partial charge on any atom is -0.352 e. The topological polar surface area (TPSA) is 54.5 Å². The average Bonchev–Trinajstić information content (AvgIpc) is 3.40. The number of fused-ring (bicyclic) bond motifs is 5. The van der Waals surface area contributed by atoms with Crippen LogP contribution in [0.15, 0.2) is 108 Å². The molecule has 39 heavy (non-hydrogen) atoms. The van der Waals surface area contributed by atoms with Crippen molar-refractivity contribution in [3.8, 4) is 0 Å². The molecule has 1 saturated heterocycles. The molecule has 0 radical (unpaired) electrons. The lowest BCUT2D eigenvalue weighted by molar-refractivity contribution is 0.0666. The Hall–Kier alpha value is -3.80. The number of ketones is 3. The molecule has 4 nitrogen and oxygen atoms in total. The quantitative estimate of drug-likeness (QED) is 0.183. The molecule has 0 amide bonds. The van der Waals surface area contributed by atoms with Gasteiger partial charge in [-0.25, -0.2) is 0 Å². The molecule has 6 heteroatoms. The molecule has 1 aliphatic carbocycles. The molecule has 7 rings (SSSR count). The molecule has 1 unspecified atom stereocenters. The van der Waals surface area contributed by atoms with Crippen molar-refractivity contribution in [2.75, 3.05) is 4.90 Å². The number of rotatable bonds is 3. The second-order valence-corrected chi connectivity index (χ2v) is 11.5. The van der Waals surface area contributed by atoms with Gasteiger partial charge in [-0.2, -0.15) is 0 Å². The van der Waals surface area contributed by atoms with Gasteiger partial charge in [0.05, 0.1) is 6.04 Å². The van der Waals surface area contributed by atoms with Gasteiger partial charge in [-0.1, -0.05) is 94.3 Å². The maximum absolute atomic E-state index is 14.6. The van der Waals surface area contributed by atoms with Crippen LogP contribution >= 0.6 is 27.5 Å². The number of Topliss-reactive ketones (excluding diaryl/α,β-unsaturated/α-hetero) is 3. The van der Waals surface area contributed by atoms with Gasteiger partial charge in [0, 0.05) is 37.8 Å². The molecule has 1 fully saturated rings. The minimum absolute atomic E-state index is 0.164. The Kier molecular flexibility index (Phi) is 5.51. The summed E-state index contributed by atoms with van der Waals surface area (Å²) in [5.41, 5.74) is 2.32. The van der Waals surface area contributed by atoms with E-state index in [1.165, 1.54) is 0 Å². The Morgan fingerprint density at radius 2 is 1.41 bits per heavy atom. The Morgan fingerprint density at radius 1 is 0.795 bits per heavy atom. The highest BCUT2D eigenvalue weighted by Gasteiger charge is 2.71. The van der Waals surface area contributed by atoms with Crippen molar-refractivity contribution in [3.05, 3.63) is 140 Å². The lowest BCUT2D eigenvalue weighted by Gasteiger charge is -2.37. The van der Waals surface area contributed by atoms with Gasteiger partial charge < -0.3 is 4.90 Å². The van der Waals surface area contributed by atoms with Crippen molar-refractivity contribution in [2.45, 2.75) is 18.0 Å². The first-order valence-electron chi connectivity index (χ1n) is 12.7. The molecule has 0 bridgehead atoms. The van der Waals surface area contributed by atoms with Gasteiger partial charge in [-0.05, 0) is 53.6 Å². The largest absolute Gasteiger partial charge is 0.352 e. The molecule has 0 N–H and O–H groups in total. The number of hydrogen-bond acceptors (Lipinski definition) is 4. The third-order valence-electron chi connectivity index (χ3n) is 8.34. The fourth-order valence-corrected chi connectivity index (χ4v) is 7.14. The Labute approximate surface area is 239 Å². The summed E-state index contributed by atoms with van der Waals surface area (Å²) < 4.78 is 0.870. The van der Waals surface area contributed by atoms with Crippen LogP contribution in [-0.2, 0) is 0 Å². The molecule has 4 aromatic carbocycles. The van der Waals surface area contributed by atoms with Crippen molar-refractivity contribution in [1.82, 2.24) is 0 Å². The highest BCUT2D eigenvalue weighted by molar-refractivity contribution is 9.10. The zero-order valence-electron chi connectivity index (χ0n) is 20.6. The molecule has 3 aliphatic rings. The van der Waals surface area contributed by atoms with Crippen molar-refractivity contribution in [3.63, 3.8) is 0 Å². The van der Waals surface area contributed by atoms with Gasteiger partial charge in [0.15, 0.2) is 17.3 Å². The summed E-state index contributed by atoms with van der Waals surface area (Å²) in [7, 11) is 0. The summed E-state index contributed by atoms with van der Waals surface area (Å²) in [6.07, 6.45) is 3.90. The molecular formula is C33H21BrClNO3. The van der Waals surface area contributed by atoms with E-state index >= 15 is 0 Å². The minimum atomic E-state index is -1.51. The molecule has 1 spiro atoms. The molecule has 190 valence electrons. The second-order valence-electron chi connectivity index (χ2n) is 10.2. The predicted octanol–water partition coefficient (Wildman–Crippen LogP) is 7.42. The molecular weight excluding hydrogens is 574 g/mol. The molecule has 2 heterocycles. The average molecular weight is 595 g/mol. The van der Waals surface area contributed by atoms with Crippen molar-refractivity contribution < 1.29 is 14.4 Å². The zero-order chi connectivity index (χ0) is 26.9. The summed E-state index contributed by atoms with van der Waals surface area (Å²) in [5, 5.41) is 0.527. The first-order valence-corrected chi connectivity index (χ1v) is 13.9. The normalized spacial score (nSPS) is 22.1. The van der Waals surface area contributed by atoms with Crippen molar-refractivity contribution in [2.24, 2.45) is 5.41 Å². The van der Waals surface area contributed by atoms with Gasteiger partial charge in [-0.3, -0.25) is 14.4 Å². The van der Waals surface area contributed by atoms with Crippen LogP contribution in [0.25, 0.3) is 6.08 Å². The smallest absolute Gasteiger partial charge is 0.185 e. The number of anilines is 1. The summed E-state index contributed by atoms with van der Waals surface area (Å²) in [6, 6.07) is 27.8. The molecule has 4 aromatic rings. The summed E-state index contributed by atoms with van der Waals surface area (Å²) in [6.45, 7) is 0. The lowest BCUT2D eigenvalue weighted by Crippen LogP contribution is -2.48. The van der Waals surface area contributed by atoms with Crippen molar-refractivity contribution >= 4 is 56.6 Å². The van der Waals surface area contributed by atoms with Gasteiger partial charge in [0.2, 0.25) is 0 Å². The zero-order valence-corrected chi connectivity index (χ0v) is 22.9. The van der Waals surface area contributed by atoms with E-state index in [4.69, 9.17) is 11.6 Å². The number of hydrogen-bond donors (Lipinski definition) is 0. The number of carbonyl (C=O) groups excluding carboxylic acids is 3. The number of carbonyl (C=O) groups is 3. The Morgan fingerprint density at radius 3 is 2.08 bits per heavy atom. The van der Waals surface area contributed by atoms with E-state index in [2.05, 4.69) is 15.9 Å². The van der Waals surface area contributed by atoms with Gasteiger partial charge in [0.25, 0.3) is 0 Å². The summed E-state index contributed by atoms with van der Waals surface area (Å²) in [4.78, 5) is 45.7. The fourth-order valence-electron chi connectivity index (χ4n) is 6.75. The van der Waals surface area contributed by atoms with Gasteiger partial charge in [0.1, 0.15) is 11.5 Å². The third-order valence-corrected chi connectivity index (χ3v) is 9.12. The van der Waals surface area contributed by atoms with E-state index in [0.717, 1.165) is 21.3 Å². The summed E-state index contributed by atoms with van der Waals surface area (Å²) >= 11 is 9.67. The number of para-hydroxylation sites is 1. The van der Waals surface area contributed by atoms with E-state index in [1.807, 2.05) is 65.6 Å². The highest BCUT2D eigenvalue weighted by atomic mass is 79.9. The Bertz CT molecular complexity index is 1670. The van der Waals surface area contributed by atoms with Crippen LogP contribution < -0.4 is 4.90 Å². The maximum atomic E-state index is 14.6. The van der Waals surface area contributed by atoms with E-state index in [0.29, 0.717) is 21.7 Å². The number of benzene rings is 4. The Balaban J connectivity index is 1.54. The van der Waals surface area contributed by atoms with Crippen LogP contribution in [0.3, 0.4) is 0 Å². The standard InChI is InChI=1S/C33H21BrClNO3/c34-22-14-9-20(10-15-22)28-29(30(37)21-11-16-23(35)17-12-21)36-26-8-4-1-5-19(26)13-18-27(36)33(28)31(38)24-6-2-3-7-25(24)32(33)39/h1-18,27-29H/t27?,28-,29+/m1/s1. The van der Waals surface area contributed by atoms with E-state index < -0.39 is 23.4 Å². The van der Waals surface area contributed by atoms with Crippen molar-refractivity contribution in [1.29, 1.82) is 0 Å². The number of halogens is 2. The molecule has 2 aliphatic heterocycles. The van der Waals surface area contributed by atoms with Gasteiger partial charge in [-0.15, -0.1) is 0 Å². The first kappa shape index (κ1) is 24.3. The van der Waals surface area contributed by atoms with Crippen LogP contribution in [0.1, 0.15) is 48.1 Å². The molecule has 3 atom stereocenters. The first-order chi connectivity index (χ1) is 18.9. The van der Waals surface area contributed by atoms with E-state index in [1.54, 1.807) is 48.5 Å². The lowest BCUT2D eigenvalue weighted by atomic mass is 9.64. The second kappa shape index (κ2) is 8.87. The number of nitrogens with zero attached hydrogens (tertiary/aromatic N) is 1. The fraction of sp³-hybridized carbons (Fsp3) is 0.121. The van der Waals surface area contributed by atoms with Crippen LogP contribution in [0.2, 0.25) is 5.02 Å². The third kappa shape index (κ3) is 3.33. The maximum Gasteiger partial charge on any atom is 0.185 e. The van der Waals surface area contributed by atoms with E-state index in [9.17, 15) is 14.4 Å². The SMILES string of the molecule is O=C(c1ccc(Cl)cc1)[C@@H]1[C@@H](c2ccc(Br)cc2)C2(C(=O)c3ccccc3C2=O)C2C=Cc3ccccc3N21. The molecule has 0 saturated carbocycles. The van der Waals surface area contributed by atoms with Crippen LogP contribution in [-0.4, -0.2) is 29.4 Å². The van der Waals surface area contributed by atoms with Crippen LogP contribution in [0, 0.1) is 5.41 Å². The summed E-state index contributed by atoms with van der Waals surface area (Å²) in [5.74, 6) is -1.37. The predicted molar refractivity (Wildman–Crippen MR) is 156 cm³/mol. The van der Waals surface area contributed by atoms with E-state index in [-0.39, 0.29) is 17.3 Å². The van der Waals surface area contributed by atoms with Crippen LogP contribution in [0.5, 0.6) is 0 Å². The van der Waals surface area contributed by atoms with Gasteiger partial charge >= 0.3 is 0 Å². The highest BCUT2D eigenvalue weighted by Crippen LogP contribution is 2.61. The van der Waals surface area contributed by atoms with Crippen LogP contribution in [0.4, 0.5) is 5.69 Å². The molecule has 0 aromatic heterocycles.